The molecule has 0 radical (unpaired) electrons. The fourth-order valence-electron chi connectivity index (χ4n) is 1.41. The number of thiol groups is 1. The maximum atomic E-state index is 11.1. The third kappa shape index (κ3) is 3.38. The van der Waals surface area contributed by atoms with Gasteiger partial charge in [-0.3, -0.25) is 4.79 Å². The monoisotopic (exact) mass is 260 g/mol. The number of carbonyl (C=O) groups is 1. The van der Waals surface area contributed by atoms with Gasteiger partial charge in [-0.2, -0.15) is 0 Å². The highest BCUT2D eigenvalue weighted by molar-refractivity contribution is 7.99. The molecule has 0 heterocycles. The molecule has 2 rings (SSSR count). The highest BCUT2D eigenvalue weighted by Crippen LogP contribution is 2.28. The molecule has 0 fully saturated rings. The molecule has 0 aliphatic rings. The second-order valence-electron chi connectivity index (χ2n) is 3.68. The molecule has 0 N–H and O–H groups in total. The molecule has 86 valence electrons. The lowest BCUT2D eigenvalue weighted by molar-refractivity contribution is 0.101. The Labute approximate surface area is 111 Å². The molecule has 0 saturated carbocycles. The fraction of sp³-hybridized carbons (Fsp3) is 0.0714. The molecule has 17 heavy (non-hydrogen) atoms. The van der Waals surface area contributed by atoms with Crippen LogP contribution >= 0.6 is 24.4 Å². The van der Waals surface area contributed by atoms with Crippen molar-refractivity contribution >= 4 is 30.2 Å². The lowest BCUT2D eigenvalue weighted by Gasteiger charge is -2.02. The molecule has 0 amide bonds. The number of ketones is 1. The first kappa shape index (κ1) is 12.3. The smallest absolute Gasteiger partial charge is 0.159 e. The van der Waals surface area contributed by atoms with E-state index in [4.69, 9.17) is 0 Å². The van der Waals surface area contributed by atoms with E-state index in [0.29, 0.717) is 0 Å². The summed E-state index contributed by atoms with van der Waals surface area (Å²) in [5, 5.41) is 0. The zero-order chi connectivity index (χ0) is 12.3. The zero-order valence-electron chi connectivity index (χ0n) is 9.38. The minimum atomic E-state index is 0.0981. The average molecular weight is 260 g/mol. The Hall–Kier alpha value is -1.19. The van der Waals surface area contributed by atoms with Crippen molar-refractivity contribution in [2.24, 2.45) is 0 Å². The quantitative estimate of drug-likeness (QED) is 0.653. The van der Waals surface area contributed by atoms with E-state index >= 15 is 0 Å². The maximum Gasteiger partial charge on any atom is 0.159 e. The third-order valence-corrected chi connectivity index (χ3v) is 3.65. The van der Waals surface area contributed by atoms with Crippen LogP contribution in [0.4, 0.5) is 0 Å². The van der Waals surface area contributed by atoms with E-state index in [-0.39, 0.29) is 5.78 Å². The van der Waals surface area contributed by atoms with Crippen molar-refractivity contribution in [3.63, 3.8) is 0 Å². The molecule has 2 aromatic carbocycles. The highest BCUT2D eigenvalue weighted by atomic mass is 32.2. The summed E-state index contributed by atoms with van der Waals surface area (Å²) in [4.78, 5) is 14.4. The van der Waals surface area contributed by atoms with Crippen LogP contribution in [0.5, 0.6) is 0 Å². The van der Waals surface area contributed by atoms with Crippen LogP contribution in [-0.2, 0) is 0 Å². The molecule has 0 spiro atoms. The molecule has 2 aromatic rings. The van der Waals surface area contributed by atoms with Gasteiger partial charge in [0, 0.05) is 20.2 Å². The lowest BCUT2D eigenvalue weighted by Crippen LogP contribution is -1.90. The summed E-state index contributed by atoms with van der Waals surface area (Å²) < 4.78 is 0. The van der Waals surface area contributed by atoms with Crippen LogP contribution in [0.3, 0.4) is 0 Å². The molecule has 0 aromatic heterocycles. The van der Waals surface area contributed by atoms with E-state index in [2.05, 4.69) is 12.6 Å². The molecule has 0 aliphatic heterocycles. The summed E-state index contributed by atoms with van der Waals surface area (Å²) in [6.07, 6.45) is 0. The van der Waals surface area contributed by atoms with Gasteiger partial charge in [0.15, 0.2) is 5.78 Å². The molecule has 0 bridgehead atoms. The second-order valence-corrected chi connectivity index (χ2v) is 5.34. The van der Waals surface area contributed by atoms with Crippen LogP contribution in [0.25, 0.3) is 0 Å². The van der Waals surface area contributed by atoms with Gasteiger partial charge in [-0.15, -0.1) is 12.6 Å². The SMILES string of the molecule is CC(=O)c1ccc(Sc2ccc(S)cc2)cc1. The van der Waals surface area contributed by atoms with E-state index in [0.717, 1.165) is 15.4 Å². The maximum absolute atomic E-state index is 11.1. The largest absolute Gasteiger partial charge is 0.295 e. The number of hydrogen-bond acceptors (Lipinski definition) is 3. The van der Waals surface area contributed by atoms with Gasteiger partial charge in [-0.1, -0.05) is 23.9 Å². The van der Waals surface area contributed by atoms with E-state index in [1.54, 1.807) is 18.7 Å². The highest BCUT2D eigenvalue weighted by Gasteiger charge is 2.00. The molecule has 3 heteroatoms. The zero-order valence-corrected chi connectivity index (χ0v) is 11.1. The number of hydrogen-bond donors (Lipinski definition) is 1. The summed E-state index contributed by atoms with van der Waals surface area (Å²) >= 11 is 5.92. The van der Waals surface area contributed by atoms with Gasteiger partial charge in [0.1, 0.15) is 0 Å². The van der Waals surface area contributed by atoms with Crippen LogP contribution < -0.4 is 0 Å². The van der Waals surface area contributed by atoms with Gasteiger partial charge >= 0.3 is 0 Å². The van der Waals surface area contributed by atoms with Crippen LogP contribution in [-0.4, -0.2) is 5.78 Å². The Morgan fingerprint density at radius 1 is 0.941 bits per heavy atom. The van der Waals surface area contributed by atoms with E-state index < -0.39 is 0 Å². The molecule has 0 saturated heterocycles. The van der Waals surface area contributed by atoms with Crippen LogP contribution in [0.2, 0.25) is 0 Å². The number of benzene rings is 2. The Morgan fingerprint density at radius 2 is 1.41 bits per heavy atom. The Balaban J connectivity index is 2.13. The lowest BCUT2D eigenvalue weighted by atomic mass is 10.2. The van der Waals surface area contributed by atoms with Gasteiger partial charge < -0.3 is 0 Å². The van der Waals surface area contributed by atoms with Gasteiger partial charge in [-0.05, 0) is 43.3 Å². The van der Waals surface area contributed by atoms with Crippen molar-refractivity contribution in [1.29, 1.82) is 0 Å². The molecule has 0 unspecified atom stereocenters. The van der Waals surface area contributed by atoms with Crippen LogP contribution in [0.15, 0.2) is 63.2 Å². The topological polar surface area (TPSA) is 17.1 Å². The first-order valence-electron chi connectivity index (χ1n) is 5.23. The van der Waals surface area contributed by atoms with Crippen molar-refractivity contribution in [1.82, 2.24) is 0 Å². The minimum Gasteiger partial charge on any atom is -0.295 e. The molecule has 0 aliphatic carbocycles. The summed E-state index contributed by atoms with van der Waals surface area (Å²) in [7, 11) is 0. The van der Waals surface area contributed by atoms with E-state index in [1.807, 2.05) is 48.5 Å². The first-order chi connectivity index (χ1) is 8.15. The van der Waals surface area contributed by atoms with E-state index in [1.165, 1.54) is 4.90 Å². The summed E-state index contributed by atoms with van der Waals surface area (Å²) in [6.45, 7) is 1.58. The molecular weight excluding hydrogens is 248 g/mol. The first-order valence-corrected chi connectivity index (χ1v) is 6.49. The van der Waals surface area contributed by atoms with Gasteiger partial charge in [0.05, 0.1) is 0 Å². The summed E-state index contributed by atoms with van der Waals surface area (Å²) in [5.74, 6) is 0.0981. The van der Waals surface area contributed by atoms with Gasteiger partial charge in [0.25, 0.3) is 0 Å². The Kier molecular flexibility index (Phi) is 3.92. The van der Waals surface area contributed by atoms with Crippen molar-refractivity contribution in [2.75, 3.05) is 0 Å². The van der Waals surface area contributed by atoms with Crippen molar-refractivity contribution < 1.29 is 4.79 Å². The van der Waals surface area contributed by atoms with Crippen LogP contribution in [0, 0.1) is 0 Å². The van der Waals surface area contributed by atoms with Crippen molar-refractivity contribution in [3.8, 4) is 0 Å². The minimum absolute atomic E-state index is 0.0981. The normalized spacial score (nSPS) is 10.2. The Bertz CT molecular complexity index is 515. The number of rotatable bonds is 3. The van der Waals surface area contributed by atoms with Gasteiger partial charge in [-0.25, -0.2) is 0 Å². The number of Topliss-reactive ketones (excluding diaryl/α,β-unsaturated/α-hetero) is 1. The predicted molar refractivity (Wildman–Crippen MR) is 74.3 cm³/mol. The summed E-state index contributed by atoms with van der Waals surface area (Å²) in [5.41, 5.74) is 0.750. The predicted octanol–water partition coefficient (Wildman–Crippen LogP) is 4.33. The van der Waals surface area contributed by atoms with Gasteiger partial charge in [0.2, 0.25) is 0 Å². The average Bonchev–Trinajstić information content (AvgIpc) is 2.33. The Morgan fingerprint density at radius 3 is 1.88 bits per heavy atom. The third-order valence-electron chi connectivity index (χ3n) is 2.33. The van der Waals surface area contributed by atoms with E-state index in [9.17, 15) is 4.79 Å². The standard InChI is InChI=1S/C14H12OS2/c1-10(15)11-2-6-13(7-3-11)17-14-8-4-12(16)5-9-14/h2-9,16H,1H3. The fourth-order valence-corrected chi connectivity index (χ4v) is 2.37. The molecule has 1 nitrogen and oxygen atoms in total. The van der Waals surface area contributed by atoms with Crippen molar-refractivity contribution in [2.45, 2.75) is 21.6 Å². The second kappa shape index (κ2) is 5.43. The van der Waals surface area contributed by atoms with Crippen molar-refractivity contribution in [3.05, 3.63) is 54.1 Å². The van der Waals surface area contributed by atoms with Crippen LogP contribution in [0.1, 0.15) is 17.3 Å². The molecule has 0 atom stereocenters. The number of carbonyl (C=O) groups excluding carboxylic acids is 1. The molecular formula is C14H12OS2. The summed E-state index contributed by atoms with van der Waals surface area (Å²) in [6, 6.07) is 15.7.